The van der Waals surface area contributed by atoms with E-state index in [4.69, 9.17) is 0 Å². The summed E-state index contributed by atoms with van der Waals surface area (Å²) in [6.45, 7) is 6.94. The summed E-state index contributed by atoms with van der Waals surface area (Å²) in [6, 6.07) is 6.85. The van der Waals surface area contributed by atoms with E-state index in [-0.39, 0.29) is 36.1 Å². The van der Waals surface area contributed by atoms with Crippen LogP contribution in [-0.4, -0.2) is 42.0 Å². The zero-order valence-corrected chi connectivity index (χ0v) is 13.8. The molecule has 0 aliphatic carbocycles. The predicted molar refractivity (Wildman–Crippen MR) is 86.0 cm³/mol. The molecule has 4 unspecified atom stereocenters. The smallest absolute Gasteiger partial charge is 0.261 e. The molecule has 2 aliphatic rings. The Bertz CT molecular complexity index is 609. The summed E-state index contributed by atoms with van der Waals surface area (Å²) < 4.78 is 15.1. The maximum atomic E-state index is 15.1. The number of piperidine rings is 1. The second-order valence-corrected chi connectivity index (χ2v) is 7.06. The molecule has 2 amide bonds. The van der Waals surface area contributed by atoms with Gasteiger partial charge in [0.15, 0.2) is 0 Å². The third-order valence-electron chi connectivity index (χ3n) is 5.54. The van der Waals surface area contributed by atoms with Crippen molar-refractivity contribution in [1.82, 2.24) is 10.2 Å². The standard InChI is InChI=1S/C18H23FN2O2/c1-11(15-9-20-8-12(2)18(15,3)19)10-21-16(22)13-6-4-5-7-14(13)17(21)23/h4-7,11-12,15,20H,8-10H2,1-3H3. The minimum Gasteiger partial charge on any atom is -0.316 e. The molecule has 23 heavy (non-hydrogen) atoms. The van der Waals surface area contributed by atoms with E-state index in [0.29, 0.717) is 24.2 Å². The van der Waals surface area contributed by atoms with Gasteiger partial charge in [0.05, 0.1) is 11.1 Å². The summed E-state index contributed by atoms with van der Waals surface area (Å²) in [5.41, 5.74) is -0.408. The number of amides is 2. The first-order valence-electron chi connectivity index (χ1n) is 8.19. The van der Waals surface area contributed by atoms with Crippen molar-refractivity contribution in [3.63, 3.8) is 0 Å². The molecule has 0 spiro atoms. The van der Waals surface area contributed by atoms with E-state index >= 15 is 4.39 Å². The second kappa shape index (κ2) is 5.71. The Morgan fingerprint density at radius 2 is 1.83 bits per heavy atom. The van der Waals surface area contributed by atoms with Crippen LogP contribution < -0.4 is 5.32 Å². The van der Waals surface area contributed by atoms with Gasteiger partial charge < -0.3 is 5.32 Å². The first-order chi connectivity index (χ1) is 10.8. The third-order valence-corrected chi connectivity index (χ3v) is 5.54. The monoisotopic (exact) mass is 318 g/mol. The molecule has 124 valence electrons. The molecule has 1 aromatic carbocycles. The number of carbonyl (C=O) groups is 2. The van der Waals surface area contributed by atoms with Crippen LogP contribution in [-0.2, 0) is 0 Å². The molecular weight excluding hydrogens is 295 g/mol. The van der Waals surface area contributed by atoms with E-state index < -0.39 is 5.67 Å². The van der Waals surface area contributed by atoms with E-state index in [2.05, 4.69) is 5.32 Å². The molecule has 0 aromatic heterocycles. The normalized spacial score (nSPS) is 32.1. The third kappa shape index (κ3) is 2.57. The average molecular weight is 318 g/mol. The van der Waals surface area contributed by atoms with Crippen molar-refractivity contribution in [2.24, 2.45) is 17.8 Å². The van der Waals surface area contributed by atoms with Gasteiger partial charge in [-0.1, -0.05) is 26.0 Å². The topological polar surface area (TPSA) is 49.4 Å². The van der Waals surface area contributed by atoms with Crippen LogP contribution in [0.4, 0.5) is 4.39 Å². The van der Waals surface area contributed by atoms with Crippen molar-refractivity contribution < 1.29 is 14.0 Å². The number of halogens is 1. The highest BCUT2D eigenvalue weighted by Crippen LogP contribution is 2.38. The predicted octanol–water partition coefficient (Wildman–Crippen LogP) is 2.50. The van der Waals surface area contributed by atoms with E-state index in [0.717, 1.165) is 0 Å². The largest absolute Gasteiger partial charge is 0.316 e. The van der Waals surface area contributed by atoms with E-state index in [1.807, 2.05) is 13.8 Å². The van der Waals surface area contributed by atoms with Gasteiger partial charge in [0.2, 0.25) is 0 Å². The van der Waals surface area contributed by atoms with Crippen LogP contribution in [0, 0.1) is 17.8 Å². The van der Waals surface area contributed by atoms with Crippen LogP contribution in [0.5, 0.6) is 0 Å². The lowest BCUT2D eigenvalue weighted by atomic mass is 9.72. The molecule has 0 bridgehead atoms. The van der Waals surface area contributed by atoms with Crippen LogP contribution >= 0.6 is 0 Å². The van der Waals surface area contributed by atoms with Crippen LogP contribution in [0.25, 0.3) is 0 Å². The van der Waals surface area contributed by atoms with Gasteiger partial charge in [-0.2, -0.15) is 0 Å². The zero-order chi connectivity index (χ0) is 16.8. The number of carbonyl (C=O) groups excluding carboxylic acids is 2. The van der Waals surface area contributed by atoms with Gasteiger partial charge >= 0.3 is 0 Å². The molecular formula is C18H23FN2O2. The Labute approximate surface area is 136 Å². The molecule has 2 heterocycles. The average Bonchev–Trinajstić information content (AvgIpc) is 2.75. The highest BCUT2D eigenvalue weighted by atomic mass is 19.1. The van der Waals surface area contributed by atoms with Gasteiger partial charge in [0.1, 0.15) is 5.67 Å². The molecule has 2 aliphatic heterocycles. The van der Waals surface area contributed by atoms with Crippen molar-refractivity contribution in [1.29, 1.82) is 0 Å². The van der Waals surface area contributed by atoms with Gasteiger partial charge in [-0.15, -0.1) is 0 Å². The number of rotatable bonds is 3. The van der Waals surface area contributed by atoms with Gasteiger partial charge in [0, 0.05) is 31.5 Å². The van der Waals surface area contributed by atoms with Gasteiger partial charge in [-0.05, 0) is 25.0 Å². The van der Waals surface area contributed by atoms with Crippen molar-refractivity contribution in [3.05, 3.63) is 35.4 Å². The summed E-state index contributed by atoms with van der Waals surface area (Å²) in [4.78, 5) is 26.2. The highest BCUT2D eigenvalue weighted by Gasteiger charge is 2.46. The Balaban J connectivity index is 1.78. The Hall–Kier alpha value is -1.75. The van der Waals surface area contributed by atoms with Crippen LogP contribution in [0.3, 0.4) is 0 Å². The minimum atomic E-state index is -1.30. The van der Waals surface area contributed by atoms with Crippen LogP contribution in [0.1, 0.15) is 41.5 Å². The van der Waals surface area contributed by atoms with E-state index in [1.165, 1.54) is 4.90 Å². The molecule has 1 saturated heterocycles. The lowest BCUT2D eigenvalue weighted by Gasteiger charge is -2.44. The maximum absolute atomic E-state index is 15.1. The fourth-order valence-electron chi connectivity index (χ4n) is 3.80. The highest BCUT2D eigenvalue weighted by molar-refractivity contribution is 6.21. The Morgan fingerprint density at radius 3 is 2.39 bits per heavy atom. The minimum absolute atomic E-state index is 0.0918. The second-order valence-electron chi connectivity index (χ2n) is 7.06. The molecule has 4 nitrogen and oxygen atoms in total. The Kier molecular flexibility index (Phi) is 4.00. The van der Waals surface area contributed by atoms with E-state index in [1.54, 1.807) is 31.2 Å². The number of hydrogen-bond donors (Lipinski definition) is 1. The fourth-order valence-corrected chi connectivity index (χ4v) is 3.80. The van der Waals surface area contributed by atoms with Crippen molar-refractivity contribution in [3.8, 4) is 0 Å². The van der Waals surface area contributed by atoms with E-state index in [9.17, 15) is 9.59 Å². The maximum Gasteiger partial charge on any atom is 0.261 e. The SMILES string of the molecule is CC(CN1C(=O)c2ccccc2C1=O)C1CNCC(C)C1(C)F. The number of nitrogens with zero attached hydrogens (tertiary/aromatic N) is 1. The molecule has 3 rings (SSSR count). The molecule has 1 fully saturated rings. The summed E-state index contributed by atoms with van der Waals surface area (Å²) in [5, 5.41) is 3.26. The number of nitrogens with one attached hydrogen (secondary N) is 1. The lowest BCUT2D eigenvalue weighted by Crippen LogP contribution is -2.55. The summed E-state index contributed by atoms with van der Waals surface area (Å²) in [5.74, 6) is -0.964. The fraction of sp³-hybridized carbons (Fsp3) is 0.556. The van der Waals surface area contributed by atoms with Crippen LogP contribution in [0.2, 0.25) is 0 Å². The first kappa shape index (κ1) is 16.1. The number of alkyl halides is 1. The van der Waals surface area contributed by atoms with Crippen LogP contribution in [0.15, 0.2) is 24.3 Å². The van der Waals surface area contributed by atoms with Gasteiger partial charge in [-0.25, -0.2) is 4.39 Å². The first-order valence-corrected chi connectivity index (χ1v) is 8.19. The van der Waals surface area contributed by atoms with Gasteiger partial charge in [0.25, 0.3) is 11.8 Å². The molecule has 1 aromatic rings. The van der Waals surface area contributed by atoms with Crippen molar-refractivity contribution >= 4 is 11.8 Å². The summed E-state index contributed by atoms with van der Waals surface area (Å²) >= 11 is 0. The lowest BCUT2D eigenvalue weighted by molar-refractivity contribution is -0.0145. The summed E-state index contributed by atoms with van der Waals surface area (Å²) in [7, 11) is 0. The Morgan fingerprint density at radius 1 is 1.26 bits per heavy atom. The number of imide groups is 1. The molecule has 0 saturated carbocycles. The number of hydrogen-bond acceptors (Lipinski definition) is 3. The molecule has 0 radical (unpaired) electrons. The quantitative estimate of drug-likeness (QED) is 0.871. The molecule has 1 N–H and O–H groups in total. The zero-order valence-electron chi connectivity index (χ0n) is 13.8. The number of fused-ring (bicyclic) bond motifs is 1. The molecule has 5 heteroatoms. The van der Waals surface area contributed by atoms with Gasteiger partial charge in [-0.3, -0.25) is 14.5 Å². The molecule has 4 atom stereocenters. The number of benzene rings is 1. The summed E-state index contributed by atoms with van der Waals surface area (Å²) in [6.07, 6.45) is 0. The van der Waals surface area contributed by atoms with Crippen molar-refractivity contribution in [2.75, 3.05) is 19.6 Å². The van der Waals surface area contributed by atoms with Crippen molar-refractivity contribution in [2.45, 2.75) is 26.4 Å².